The number of halogens is 1. The third kappa shape index (κ3) is 6.73. The number of nitrogens with one attached hydrogen (secondary N) is 3. The molecule has 0 aliphatic carbocycles. The lowest BCUT2D eigenvalue weighted by atomic mass is 9.93. The molecule has 178 valence electrons. The van der Waals surface area contributed by atoms with Crippen molar-refractivity contribution >= 4 is 32.5 Å². The van der Waals surface area contributed by atoms with E-state index in [1.54, 1.807) is 24.3 Å². The van der Waals surface area contributed by atoms with E-state index in [-0.39, 0.29) is 4.90 Å². The number of hydrogen-bond acceptors (Lipinski definition) is 4. The largest absolute Gasteiger partial charge is 0.494 e. The van der Waals surface area contributed by atoms with Crippen LogP contribution in [0.2, 0.25) is 5.02 Å². The molecular formula is C25H32ClN3O3S. The van der Waals surface area contributed by atoms with Gasteiger partial charge in [0, 0.05) is 28.7 Å². The summed E-state index contributed by atoms with van der Waals surface area (Å²) in [5.41, 5.74) is 2.16. The van der Waals surface area contributed by atoms with Gasteiger partial charge >= 0.3 is 0 Å². The van der Waals surface area contributed by atoms with E-state index in [4.69, 9.17) is 16.3 Å². The standard InChI is InChI=1S/C25H32ClN3O3S/c26-21-5-10-25-24(17-21)20(18-28-25)4-1-13-29-33(30,31)23-8-6-22(7-9-23)32-16-2-3-19-11-14-27-15-12-19/h5-10,17-19,27-29H,1-4,11-16H2. The molecule has 2 heterocycles. The number of aryl methyl sites for hydroxylation is 1. The minimum atomic E-state index is -3.55. The average molecular weight is 490 g/mol. The van der Waals surface area contributed by atoms with Gasteiger partial charge in [-0.05, 0) is 106 Å². The van der Waals surface area contributed by atoms with Gasteiger partial charge in [0.2, 0.25) is 10.0 Å². The molecule has 6 nitrogen and oxygen atoms in total. The quantitative estimate of drug-likeness (QED) is 0.335. The second kappa shape index (κ2) is 11.4. The van der Waals surface area contributed by atoms with Crippen molar-refractivity contribution < 1.29 is 13.2 Å². The number of fused-ring (bicyclic) bond motifs is 1. The molecule has 33 heavy (non-hydrogen) atoms. The fraction of sp³-hybridized carbons (Fsp3) is 0.440. The lowest BCUT2D eigenvalue weighted by molar-refractivity contribution is 0.273. The highest BCUT2D eigenvalue weighted by Crippen LogP contribution is 2.23. The van der Waals surface area contributed by atoms with Crippen LogP contribution in [-0.2, 0) is 16.4 Å². The molecule has 1 saturated heterocycles. The van der Waals surface area contributed by atoms with Gasteiger partial charge in [0.05, 0.1) is 11.5 Å². The van der Waals surface area contributed by atoms with Crippen LogP contribution in [0.5, 0.6) is 5.75 Å². The molecule has 3 aromatic rings. The Kier molecular flexibility index (Phi) is 8.30. The highest BCUT2D eigenvalue weighted by atomic mass is 35.5. The van der Waals surface area contributed by atoms with E-state index in [0.717, 1.165) is 48.3 Å². The van der Waals surface area contributed by atoms with Gasteiger partial charge in [-0.3, -0.25) is 0 Å². The van der Waals surface area contributed by atoms with Gasteiger partial charge in [0.15, 0.2) is 0 Å². The Labute approximate surface area is 201 Å². The van der Waals surface area contributed by atoms with E-state index in [9.17, 15) is 8.42 Å². The number of sulfonamides is 1. The Morgan fingerprint density at radius 3 is 2.64 bits per heavy atom. The summed E-state index contributed by atoms with van der Waals surface area (Å²) in [6.45, 7) is 3.26. The van der Waals surface area contributed by atoms with Crippen LogP contribution in [0.15, 0.2) is 53.6 Å². The second-order valence-electron chi connectivity index (χ2n) is 8.66. The maximum Gasteiger partial charge on any atom is 0.240 e. The second-order valence-corrected chi connectivity index (χ2v) is 10.9. The molecule has 1 aliphatic heterocycles. The van der Waals surface area contributed by atoms with Crippen LogP contribution < -0.4 is 14.8 Å². The van der Waals surface area contributed by atoms with Gasteiger partial charge in [-0.2, -0.15) is 0 Å². The Bertz CT molecular complexity index is 1140. The molecule has 4 rings (SSSR count). The van der Waals surface area contributed by atoms with Gasteiger partial charge in [-0.25, -0.2) is 13.1 Å². The fourth-order valence-corrected chi connectivity index (χ4v) is 5.62. The van der Waals surface area contributed by atoms with Crippen molar-refractivity contribution in [3.05, 3.63) is 59.2 Å². The summed E-state index contributed by atoms with van der Waals surface area (Å²) in [6.07, 6.45) is 8.11. The van der Waals surface area contributed by atoms with E-state index in [0.29, 0.717) is 30.3 Å². The summed E-state index contributed by atoms with van der Waals surface area (Å²) in [6, 6.07) is 12.4. The molecule has 0 bridgehead atoms. The summed E-state index contributed by atoms with van der Waals surface area (Å²) in [4.78, 5) is 3.48. The minimum absolute atomic E-state index is 0.253. The highest BCUT2D eigenvalue weighted by molar-refractivity contribution is 7.89. The third-order valence-electron chi connectivity index (χ3n) is 6.26. The molecular weight excluding hydrogens is 458 g/mol. The van der Waals surface area contributed by atoms with Gasteiger partial charge in [0.1, 0.15) is 5.75 Å². The van der Waals surface area contributed by atoms with Crippen molar-refractivity contribution in [2.75, 3.05) is 26.2 Å². The van der Waals surface area contributed by atoms with Gasteiger partial charge in [0.25, 0.3) is 0 Å². The molecule has 8 heteroatoms. The Morgan fingerprint density at radius 1 is 1.06 bits per heavy atom. The lowest BCUT2D eigenvalue weighted by Crippen LogP contribution is -2.27. The summed E-state index contributed by atoms with van der Waals surface area (Å²) in [7, 11) is -3.55. The topological polar surface area (TPSA) is 83.2 Å². The molecule has 0 unspecified atom stereocenters. The van der Waals surface area contributed by atoms with E-state index in [2.05, 4.69) is 15.0 Å². The van der Waals surface area contributed by atoms with E-state index >= 15 is 0 Å². The number of benzene rings is 2. The molecule has 1 aliphatic rings. The van der Waals surface area contributed by atoms with Crippen molar-refractivity contribution in [1.29, 1.82) is 0 Å². The molecule has 0 atom stereocenters. The third-order valence-corrected chi connectivity index (χ3v) is 7.97. The normalized spacial score (nSPS) is 15.2. The van der Waals surface area contributed by atoms with Crippen LogP contribution in [0, 0.1) is 5.92 Å². The van der Waals surface area contributed by atoms with Crippen LogP contribution in [0.1, 0.15) is 37.7 Å². The SMILES string of the molecule is O=S(=O)(NCCCc1c[nH]c2ccc(Cl)cc12)c1ccc(OCCCC2CCNCC2)cc1. The molecule has 0 saturated carbocycles. The number of piperidine rings is 1. The first kappa shape index (κ1) is 24.1. The Hall–Kier alpha value is -2.06. The highest BCUT2D eigenvalue weighted by Gasteiger charge is 2.14. The molecule has 0 spiro atoms. The number of aromatic amines is 1. The molecule has 1 aromatic heterocycles. The first-order chi connectivity index (χ1) is 16.0. The molecule has 2 aromatic carbocycles. The summed E-state index contributed by atoms with van der Waals surface area (Å²) in [5, 5.41) is 5.16. The van der Waals surface area contributed by atoms with Gasteiger partial charge in [-0.15, -0.1) is 0 Å². The lowest BCUT2D eigenvalue weighted by Gasteiger charge is -2.22. The smallest absolute Gasteiger partial charge is 0.240 e. The van der Waals surface area contributed by atoms with Gasteiger partial charge < -0.3 is 15.0 Å². The van der Waals surface area contributed by atoms with E-state index < -0.39 is 10.0 Å². The number of H-pyrrole nitrogens is 1. The van der Waals surface area contributed by atoms with E-state index in [1.807, 2.05) is 24.4 Å². The minimum Gasteiger partial charge on any atom is -0.494 e. The number of aromatic nitrogens is 1. The average Bonchev–Trinajstić information content (AvgIpc) is 3.22. The van der Waals surface area contributed by atoms with Crippen molar-refractivity contribution in [1.82, 2.24) is 15.0 Å². The Balaban J connectivity index is 1.20. The van der Waals surface area contributed by atoms with Crippen LogP contribution in [0.25, 0.3) is 10.9 Å². The predicted molar refractivity (Wildman–Crippen MR) is 134 cm³/mol. The van der Waals surface area contributed by atoms with Crippen molar-refractivity contribution in [3.63, 3.8) is 0 Å². The number of rotatable bonds is 11. The monoisotopic (exact) mass is 489 g/mol. The van der Waals surface area contributed by atoms with Crippen molar-refractivity contribution in [3.8, 4) is 5.75 Å². The Morgan fingerprint density at radius 2 is 1.85 bits per heavy atom. The van der Waals surface area contributed by atoms with Crippen LogP contribution >= 0.6 is 11.6 Å². The van der Waals surface area contributed by atoms with Crippen molar-refractivity contribution in [2.45, 2.75) is 43.4 Å². The zero-order valence-electron chi connectivity index (χ0n) is 18.8. The zero-order chi connectivity index (χ0) is 23.1. The molecule has 1 fully saturated rings. The van der Waals surface area contributed by atoms with E-state index in [1.165, 1.54) is 19.3 Å². The maximum atomic E-state index is 12.6. The van der Waals surface area contributed by atoms with Crippen LogP contribution in [0.4, 0.5) is 0 Å². The molecule has 0 amide bonds. The molecule has 0 radical (unpaired) electrons. The van der Waals surface area contributed by atoms with Crippen LogP contribution in [0.3, 0.4) is 0 Å². The first-order valence-electron chi connectivity index (χ1n) is 11.7. The van der Waals surface area contributed by atoms with Gasteiger partial charge in [-0.1, -0.05) is 11.6 Å². The number of ether oxygens (including phenoxy) is 1. The summed E-state index contributed by atoms with van der Waals surface area (Å²) in [5.74, 6) is 1.50. The summed E-state index contributed by atoms with van der Waals surface area (Å²) >= 11 is 6.10. The molecule has 3 N–H and O–H groups in total. The zero-order valence-corrected chi connectivity index (χ0v) is 20.4. The van der Waals surface area contributed by atoms with Crippen molar-refractivity contribution in [2.24, 2.45) is 5.92 Å². The number of hydrogen-bond donors (Lipinski definition) is 3. The summed E-state index contributed by atoms with van der Waals surface area (Å²) < 4.78 is 33.7. The fourth-order valence-electron chi connectivity index (χ4n) is 4.37. The maximum absolute atomic E-state index is 12.6. The first-order valence-corrected chi connectivity index (χ1v) is 13.6. The predicted octanol–water partition coefficient (Wildman–Crippen LogP) is 4.89. The van der Waals surface area contributed by atoms with Crippen LogP contribution in [-0.4, -0.2) is 39.6 Å².